The lowest BCUT2D eigenvalue weighted by Crippen LogP contribution is -2.49. The highest BCUT2D eigenvalue weighted by Crippen LogP contribution is 2.20. The number of hydrogen-bond donors (Lipinski definition) is 1. The summed E-state index contributed by atoms with van der Waals surface area (Å²) in [7, 11) is -3.19. The molecule has 1 fully saturated rings. The number of piperidine rings is 1. The predicted octanol–water partition coefficient (Wildman–Crippen LogP) is -0.0783. The number of likely N-dealkylation sites (tertiary alicyclic amines) is 1. The van der Waals surface area contributed by atoms with Crippen LogP contribution in [0.1, 0.15) is 19.3 Å². The van der Waals surface area contributed by atoms with Crippen molar-refractivity contribution in [3.63, 3.8) is 0 Å². The molecule has 1 aliphatic heterocycles. The van der Waals surface area contributed by atoms with Gasteiger partial charge >= 0.3 is 6.03 Å². The van der Waals surface area contributed by atoms with E-state index in [9.17, 15) is 13.2 Å². The van der Waals surface area contributed by atoms with Gasteiger partial charge in [-0.15, -0.1) is 0 Å². The Labute approximate surface area is 77.8 Å². The van der Waals surface area contributed by atoms with Crippen molar-refractivity contribution in [2.45, 2.75) is 24.6 Å². The lowest BCUT2D eigenvalue weighted by molar-refractivity contribution is 0.184. The number of hydrogen-bond acceptors (Lipinski definition) is 3. The van der Waals surface area contributed by atoms with Gasteiger partial charge < -0.3 is 10.6 Å². The monoisotopic (exact) mass is 206 g/mol. The first-order valence-corrected chi connectivity index (χ1v) is 6.13. The quantitative estimate of drug-likeness (QED) is 0.651. The number of carbonyl (C=O) groups is 1. The van der Waals surface area contributed by atoms with Gasteiger partial charge in [-0.25, -0.2) is 13.2 Å². The maximum absolute atomic E-state index is 11.3. The molecular weight excluding hydrogens is 192 g/mol. The van der Waals surface area contributed by atoms with Gasteiger partial charge in [-0.2, -0.15) is 0 Å². The Morgan fingerprint density at radius 3 is 2.46 bits per heavy atom. The van der Waals surface area contributed by atoms with Crippen LogP contribution in [0.2, 0.25) is 0 Å². The van der Waals surface area contributed by atoms with Crippen LogP contribution in [0, 0.1) is 0 Å². The van der Waals surface area contributed by atoms with Crippen LogP contribution in [0.4, 0.5) is 4.79 Å². The molecule has 76 valence electrons. The van der Waals surface area contributed by atoms with Gasteiger partial charge in [0.15, 0.2) is 9.84 Å². The van der Waals surface area contributed by atoms with Gasteiger partial charge in [-0.3, -0.25) is 0 Å². The molecule has 1 rings (SSSR count). The summed E-state index contributed by atoms with van der Waals surface area (Å²) in [5.74, 6) is 0. The molecule has 0 aromatic rings. The van der Waals surface area contributed by atoms with Crippen LogP contribution in [0.3, 0.4) is 0 Å². The lowest BCUT2D eigenvalue weighted by atomic mass is 10.1. The molecule has 1 unspecified atom stereocenters. The zero-order valence-corrected chi connectivity index (χ0v) is 8.38. The Morgan fingerprint density at radius 1 is 1.46 bits per heavy atom. The number of nitrogens with two attached hydrogens (primary N) is 1. The third kappa shape index (κ3) is 2.33. The molecule has 2 N–H and O–H groups in total. The Balaban J connectivity index is 2.86. The molecular formula is C7H14N2O3S. The average molecular weight is 206 g/mol. The fourth-order valence-electron chi connectivity index (χ4n) is 1.60. The number of rotatable bonds is 1. The summed E-state index contributed by atoms with van der Waals surface area (Å²) in [5.41, 5.74) is 5.08. The summed E-state index contributed by atoms with van der Waals surface area (Å²) in [4.78, 5) is 12.1. The molecule has 1 atom stereocenters. The predicted molar refractivity (Wildman–Crippen MR) is 48.8 cm³/mol. The van der Waals surface area contributed by atoms with Gasteiger partial charge in [0.25, 0.3) is 0 Å². The first-order chi connectivity index (χ1) is 5.93. The van der Waals surface area contributed by atoms with Crippen LogP contribution in [-0.2, 0) is 9.84 Å². The van der Waals surface area contributed by atoms with E-state index in [1.165, 1.54) is 4.90 Å². The summed E-state index contributed by atoms with van der Waals surface area (Å²) in [6, 6.07) is -0.643. The summed E-state index contributed by atoms with van der Waals surface area (Å²) >= 11 is 0. The summed E-state index contributed by atoms with van der Waals surface area (Å²) in [5, 5.41) is -0.709. The summed E-state index contributed by atoms with van der Waals surface area (Å²) in [6.45, 7) is 0.451. The molecule has 0 aromatic carbocycles. The Bertz CT molecular complexity index is 299. The molecule has 5 nitrogen and oxygen atoms in total. The normalized spacial score (nSPS) is 24.4. The molecule has 0 spiro atoms. The first kappa shape index (κ1) is 10.3. The zero-order valence-electron chi connectivity index (χ0n) is 7.56. The van der Waals surface area contributed by atoms with Gasteiger partial charge in [0.2, 0.25) is 0 Å². The smallest absolute Gasteiger partial charge is 0.315 e. The molecule has 2 amide bonds. The van der Waals surface area contributed by atoms with Gasteiger partial charge in [0, 0.05) is 12.8 Å². The van der Waals surface area contributed by atoms with Crippen molar-refractivity contribution in [1.82, 2.24) is 4.90 Å². The van der Waals surface area contributed by atoms with E-state index in [-0.39, 0.29) is 0 Å². The van der Waals surface area contributed by atoms with Crippen molar-refractivity contribution in [2.75, 3.05) is 12.8 Å². The third-order valence-electron chi connectivity index (χ3n) is 2.23. The maximum atomic E-state index is 11.3. The van der Waals surface area contributed by atoms with Crippen LogP contribution in [0.5, 0.6) is 0 Å². The average Bonchev–Trinajstić information content (AvgIpc) is 2.03. The maximum Gasteiger partial charge on any atom is 0.315 e. The molecule has 1 aliphatic rings. The highest BCUT2D eigenvalue weighted by Gasteiger charge is 2.32. The van der Waals surface area contributed by atoms with E-state index in [0.717, 1.165) is 19.1 Å². The number of nitrogens with zero attached hydrogens (tertiary/aromatic N) is 1. The number of urea groups is 1. The fourth-order valence-corrected chi connectivity index (χ4v) is 2.86. The second-order valence-corrected chi connectivity index (χ2v) is 5.51. The topological polar surface area (TPSA) is 80.5 Å². The number of carbonyl (C=O) groups excluding carboxylic acids is 1. The molecule has 0 radical (unpaired) electrons. The molecule has 0 aliphatic carbocycles. The van der Waals surface area contributed by atoms with Crippen LogP contribution < -0.4 is 5.73 Å². The highest BCUT2D eigenvalue weighted by molar-refractivity contribution is 7.91. The van der Waals surface area contributed by atoms with E-state index in [1.807, 2.05) is 0 Å². The van der Waals surface area contributed by atoms with Crippen molar-refractivity contribution in [2.24, 2.45) is 5.73 Å². The Hall–Kier alpha value is -0.780. The van der Waals surface area contributed by atoms with Crippen molar-refractivity contribution in [1.29, 1.82) is 0 Å². The Kier molecular flexibility index (Phi) is 2.80. The molecule has 0 saturated carbocycles. The van der Waals surface area contributed by atoms with Gasteiger partial charge in [0.05, 0.1) is 0 Å². The van der Waals surface area contributed by atoms with Crippen molar-refractivity contribution >= 4 is 15.9 Å². The standard InChI is InChI=1S/C7H14N2O3S/c1-13(11,12)6-4-2-3-5-9(6)7(8)10/h6H,2-5H2,1H3,(H2,8,10). The van der Waals surface area contributed by atoms with Gasteiger partial charge in [0.1, 0.15) is 5.37 Å². The largest absolute Gasteiger partial charge is 0.351 e. The van der Waals surface area contributed by atoms with E-state index in [2.05, 4.69) is 0 Å². The van der Waals surface area contributed by atoms with E-state index in [4.69, 9.17) is 5.73 Å². The van der Waals surface area contributed by atoms with Crippen LogP contribution >= 0.6 is 0 Å². The second-order valence-electron chi connectivity index (χ2n) is 3.31. The van der Waals surface area contributed by atoms with E-state index < -0.39 is 21.2 Å². The highest BCUT2D eigenvalue weighted by atomic mass is 32.2. The third-order valence-corrected chi connectivity index (χ3v) is 3.70. The Morgan fingerprint density at radius 2 is 2.08 bits per heavy atom. The summed E-state index contributed by atoms with van der Waals surface area (Å²) < 4.78 is 22.5. The first-order valence-electron chi connectivity index (χ1n) is 4.18. The molecule has 1 heterocycles. The number of amides is 2. The van der Waals surface area contributed by atoms with Crippen LogP contribution in [0.25, 0.3) is 0 Å². The fraction of sp³-hybridized carbons (Fsp3) is 0.857. The SMILES string of the molecule is CS(=O)(=O)C1CCCCN1C(N)=O. The van der Waals surface area contributed by atoms with Crippen LogP contribution in [0.15, 0.2) is 0 Å². The molecule has 0 aromatic heterocycles. The minimum atomic E-state index is -3.19. The van der Waals surface area contributed by atoms with Crippen molar-refractivity contribution in [3.8, 4) is 0 Å². The van der Waals surface area contributed by atoms with Gasteiger partial charge in [-0.1, -0.05) is 0 Å². The molecule has 6 heteroatoms. The minimum Gasteiger partial charge on any atom is -0.351 e. The summed E-state index contributed by atoms with van der Waals surface area (Å²) in [6.07, 6.45) is 3.30. The van der Waals surface area contributed by atoms with Gasteiger partial charge in [-0.05, 0) is 19.3 Å². The van der Waals surface area contributed by atoms with Crippen molar-refractivity contribution in [3.05, 3.63) is 0 Å². The van der Waals surface area contributed by atoms with Crippen molar-refractivity contribution < 1.29 is 13.2 Å². The lowest BCUT2D eigenvalue weighted by Gasteiger charge is -2.32. The molecule has 0 bridgehead atoms. The van der Waals surface area contributed by atoms with E-state index >= 15 is 0 Å². The zero-order chi connectivity index (χ0) is 10.1. The molecule has 13 heavy (non-hydrogen) atoms. The number of primary amides is 1. The van der Waals surface area contributed by atoms with E-state index in [1.54, 1.807) is 0 Å². The molecule has 1 saturated heterocycles. The van der Waals surface area contributed by atoms with Crippen LogP contribution in [-0.4, -0.2) is 37.5 Å². The minimum absolute atomic E-state index is 0.451. The second kappa shape index (κ2) is 3.53. The number of sulfone groups is 1. The van der Waals surface area contributed by atoms with E-state index in [0.29, 0.717) is 13.0 Å².